The van der Waals surface area contributed by atoms with E-state index in [4.69, 9.17) is 11.6 Å². The van der Waals surface area contributed by atoms with Crippen LogP contribution in [-0.2, 0) is 27.7 Å². The number of piperidine rings is 1. The van der Waals surface area contributed by atoms with Crippen molar-refractivity contribution in [2.75, 3.05) is 13.1 Å². The largest absolute Gasteiger partial charge is 0.349 e. The Morgan fingerprint density at radius 3 is 2.43 bits per heavy atom. The first kappa shape index (κ1) is 21.3. The number of carbonyl (C=O) groups excluding carboxylic acids is 1. The molecule has 1 fully saturated rings. The van der Waals surface area contributed by atoms with E-state index in [9.17, 15) is 13.2 Å². The summed E-state index contributed by atoms with van der Waals surface area (Å²) in [5.41, 5.74) is 3.41. The highest BCUT2D eigenvalue weighted by atomic mass is 35.5. The number of sulfonamides is 1. The van der Waals surface area contributed by atoms with Crippen LogP contribution in [0.4, 0.5) is 0 Å². The van der Waals surface area contributed by atoms with Gasteiger partial charge in [-0.3, -0.25) is 4.79 Å². The molecule has 0 bridgehead atoms. The van der Waals surface area contributed by atoms with Gasteiger partial charge in [-0.05, 0) is 80.0 Å². The van der Waals surface area contributed by atoms with Crippen LogP contribution in [0, 0.1) is 5.92 Å². The Hall–Kier alpha value is -1.89. The van der Waals surface area contributed by atoms with Crippen LogP contribution in [0.2, 0.25) is 5.02 Å². The van der Waals surface area contributed by atoms with Crippen LogP contribution in [0.3, 0.4) is 0 Å². The molecule has 0 spiro atoms. The second kappa shape index (κ2) is 8.69. The molecule has 1 saturated heterocycles. The van der Waals surface area contributed by atoms with Crippen molar-refractivity contribution in [2.45, 2.75) is 50.0 Å². The van der Waals surface area contributed by atoms with Gasteiger partial charge < -0.3 is 5.32 Å². The van der Waals surface area contributed by atoms with Crippen LogP contribution in [0.15, 0.2) is 47.4 Å². The molecule has 160 valence electrons. The van der Waals surface area contributed by atoms with E-state index in [1.54, 1.807) is 6.07 Å². The number of aryl methyl sites for hydroxylation is 2. The van der Waals surface area contributed by atoms with Crippen molar-refractivity contribution in [1.29, 1.82) is 0 Å². The summed E-state index contributed by atoms with van der Waals surface area (Å²) in [5, 5.41) is 3.71. The minimum Gasteiger partial charge on any atom is -0.349 e. The zero-order valence-electron chi connectivity index (χ0n) is 17.1. The first-order valence-corrected chi connectivity index (χ1v) is 12.3. The van der Waals surface area contributed by atoms with Crippen molar-refractivity contribution >= 4 is 27.5 Å². The maximum absolute atomic E-state index is 13.1. The number of hydrogen-bond acceptors (Lipinski definition) is 3. The average molecular weight is 447 g/mol. The van der Waals surface area contributed by atoms with Gasteiger partial charge in [0.25, 0.3) is 0 Å². The highest BCUT2D eigenvalue weighted by Gasteiger charge is 2.33. The van der Waals surface area contributed by atoms with E-state index in [1.165, 1.54) is 9.87 Å². The van der Waals surface area contributed by atoms with Crippen molar-refractivity contribution in [3.8, 4) is 0 Å². The Morgan fingerprint density at radius 2 is 1.73 bits per heavy atom. The number of halogens is 1. The molecule has 2 aromatic carbocycles. The van der Waals surface area contributed by atoms with Crippen LogP contribution in [-0.4, -0.2) is 31.7 Å². The Kier molecular flexibility index (Phi) is 6.19. The van der Waals surface area contributed by atoms with Crippen LogP contribution in [0.1, 0.15) is 48.9 Å². The van der Waals surface area contributed by atoms with E-state index in [0.717, 1.165) is 30.4 Å². The Labute approximate surface area is 183 Å². The highest BCUT2D eigenvalue weighted by molar-refractivity contribution is 7.89. The molecule has 2 aromatic rings. The van der Waals surface area contributed by atoms with Crippen LogP contribution in [0.5, 0.6) is 0 Å². The van der Waals surface area contributed by atoms with Gasteiger partial charge in [0.2, 0.25) is 15.9 Å². The van der Waals surface area contributed by atoms with Gasteiger partial charge in [-0.25, -0.2) is 8.42 Å². The quantitative estimate of drug-likeness (QED) is 0.751. The number of amides is 1. The summed E-state index contributed by atoms with van der Waals surface area (Å²) in [6, 6.07) is 12.8. The number of benzene rings is 2. The summed E-state index contributed by atoms with van der Waals surface area (Å²) in [4.78, 5) is 13.1. The van der Waals surface area contributed by atoms with Crippen molar-refractivity contribution in [3.63, 3.8) is 0 Å². The Morgan fingerprint density at radius 1 is 1.07 bits per heavy atom. The van der Waals surface area contributed by atoms with Gasteiger partial charge in [0.1, 0.15) is 0 Å². The van der Waals surface area contributed by atoms with Crippen LogP contribution < -0.4 is 5.32 Å². The molecule has 1 N–H and O–H groups in total. The van der Waals surface area contributed by atoms with E-state index < -0.39 is 10.0 Å². The molecule has 0 saturated carbocycles. The monoisotopic (exact) mass is 446 g/mol. The molecule has 0 aromatic heterocycles. The molecule has 1 aliphatic carbocycles. The van der Waals surface area contributed by atoms with Crippen molar-refractivity contribution in [3.05, 3.63) is 64.2 Å². The number of nitrogens with zero attached hydrogens (tertiary/aromatic N) is 1. The fourth-order valence-corrected chi connectivity index (χ4v) is 6.03. The van der Waals surface area contributed by atoms with Crippen LogP contribution >= 0.6 is 11.6 Å². The lowest BCUT2D eigenvalue weighted by Crippen LogP contribution is -2.43. The van der Waals surface area contributed by atoms with E-state index in [-0.39, 0.29) is 17.9 Å². The summed E-state index contributed by atoms with van der Waals surface area (Å²) in [6.45, 7) is 2.67. The predicted molar refractivity (Wildman–Crippen MR) is 118 cm³/mol. The molecule has 0 unspecified atom stereocenters. The normalized spacial score (nSPS) is 18.7. The average Bonchev–Trinajstić information content (AvgIpc) is 3.22. The Balaban J connectivity index is 1.36. The summed E-state index contributed by atoms with van der Waals surface area (Å²) >= 11 is 5.93. The molecule has 4 rings (SSSR count). The second-order valence-corrected chi connectivity index (χ2v) is 10.6. The zero-order chi connectivity index (χ0) is 21.3. The molecule has 0 radical (unpaired) electrons. The summed E-state index contributed by atoms with van der Waals surface area (Å²) in [6.07, 6.45) is 4.14. The number of hydrogen-bond donors (Lipinski definition) is 1. The highest BCUT2D eigenvalue weighted by Crippen LogP contribution is 2.29. The third-order valence-electron chi connectivity index (χ3n) is 6.26. The van der Waals surface area contributed by atoms with Gasteiger partial charge in [-0.15, -0.1) is 0 Å². The molecule has 7 heteroatoms. The number of carbonyl (C=O) groups is 1. The van der Waals surface area contributed by atoms with Gasteiger partial charge >= 0.3 is 0 Å². The first-order chi connectivity index (χ1) is 14.3. The van der Waals surface area contributed by atoms with Gasteiger partial charge in [0.15, 0.2) is 0 Å². The Bertz CT molecular complexity index is 1030. The summed E-state index contributed by atoms with van der Waals surface area (Å²) < 4.78 is 27.7. The number of nitrogens with one attached hydrogen (secondary N) is 1. The molecule has 1 atom stereocenters. The number of rotatable bonds is 5. The van der Waals surface area contributed by atoms with Crippen LogP contribution in [0.25, 0.3) is 0 Å². The topological polar surface area (TPSA) is 66.5 Å². The second-order valence-electron chi connectivity index (χ2n) is 8.24. The fraction of sp³-hybridized carbons (Fsp3) is 0.435. The number of fused-ring (bicyclic) bond motifs is 1. The van der Waals surface area contributed by atoms with Crippen molar-refractivity contribution in [1.82, 2.24) is 9.62 Å². The zero-order valence-corrected chi connectivity index (χ0v) is 18.7. The summed E-state index contributed by atoms with van der Waals surface area (Å²) in [7, 11) is -3.51. The van der Waals surface area contributed by atoms with Gasteiger partial charge in [0, 0.05) is 24.0 Å². The van der Waals surface area contributed by atoms with Gasteiger partial charge in [-0.1, -0.05) is 29.8 Å². The standard InChI is InChI=1S/C23H27ClN2O3S/c1-16(17-5-8-21(24)9-6-17)25-23(27)19-11-13-26(14-12-19)30(28,29)22-10-7-18-3-2-4-20(18)15-22/h5-10,15-16,19H,2-4,11-14H2,1H3,(H,25,27)/t16-/m1/s1. The SMILES string of the molecule is C[C@@H](NC(=O)C1CCN(S(=O)(=O)c2ccc3c(c2)CCC3)CC1)c1ccc(Cl)cc1. The molecule has 1 amide bonds. The predicted octanol–water partition coefficient (Wildman–Crippen LogP) is 4.11. The third-order valence-corrected chi connectivity index (χ3v) is 8.41. The molecule has 5 nitrogen and oxygen atoms in total. The third kappa shape index (κ3) is 4.41. The fourth-order valence-electron chi connectivity index (χ4n) is 4.38. The molecule has 1 heterocycles. The minimum absolute atomic E-state index is 0.0213. The maximum atomic E-state index is 13.1. The molecule has 1 aliphatic heterocycles. The molecular formula is C23H27ClN2O3S. The van der Waals surface area contributed by atoms with E-state index in [2.05, 4.69) is 5.32 Å². The van der Waals surface area contributed by atoms with Crippen molar-refractivity contribution in [2.24, 2.45) is 5.92 Å². The lowest BCUT2D eigenvalue weighted by molar-refractivity contribution is -0.126. The maximum Gasteiger partial charge on any atom is 0.243 e. The molecular weight excluding hydrogens is 420 g/mol. The van der Waals surface area contributed by atoms with Gasteiger partial charge in [0.05, 0.1) is 10.9 Å². The minimum atomic E-state index is -3.51. The van der Waals surface area contributed by atoms with E-state index >= 15 is 0 Å². The first-order valence-electron chi connectivity index (χ1n) is 10.5. The van der Waals surface area contributed by atoms with E-state index in [1.807, 2.05) is 43.3 Å². The smallest absolute Gasteiger partial charge is 0.243 e. The molecule has 30 heavy (non-hydrogen) atoms. The van der Waals surface area contributed by atoms with Gasteiger partial charge in [-0.2, -0.15) is 4.31 Å². The van der Waals surface area contributed by atoms with E-state index in [0.29, 0.717) is 35.8 Å². The molecule has 2 aliphatic rings. The van der Waals surface area contributed by atoms with Crippen molar-refractivity contribution < 1.29 is 13.2 Å². The lowest BCUT2D eigenvalue weighted by Gasteiger charge is -2.31. The summed E-state index contributed by atoms with van der Waals surface area (Å²) in [5.74, 6) is -0.196. The lowest BCUT2D eigenvalue weighted by atomic mass is 9.96.